The summed E-state index contributed by atoms with van der Waals surface area (Å²) < 4.78 is 5.48. The zero-order valence-corrected chi connectivity index (χ0v) is 16.5. The van der Waals surface area contributed by atoms with Crippen LogP contribution >= 0.6 is 0 Å². The Balaban J connectivity index is 1.46. The first-order valence-electron chi connectivity index (χ1n) is 9.67. The molecule has 1 aliphatic heterocycles. The number of hydrogen-bond donors (Lipinski definition) is 1. The first kappa shape index (κ1) is 19.7. The van der Waals surface area contributed by atoms with Crippen LogP contribution in [-0.4, -0.2) is 55.9 Å². The van der Waals surface area contributed by atoms with Gasteiger partial charge in [-0.25, -0.2) is 0 Å². The van der Waals surface area contributed by atoms with E-state index in [1.807, 2.05) is 36.1 Å². The molecule has 2 aromatic carbocycles. The average Bonchev–Trinajstić information content (AvgIpc) is 2.73. The maximum Gasteiger partial charge on any atom is 0.241 e. The van der Waals surface area contributed by atoms with Crippen LogP contribution in [0.2, 0.25) is 0 Å². The third kappa shape index (κ3) is 5.03. The SMILES string of the molecule is CCOc1ccc(N2CCN(C(=O)CNc3ccc(C(C)=O)cc3)CC2)cc1. The van der Waals surface area contributed by atoms with Crippen LogP contribution < -0.4 is 15.0 Å². The van der Waals surface area contributed by atoms with Crippen molar-refractivity contribution in [2.24, 2.45) is 0 Å². The Labute approximate surface area is 166 Å². The normalized spacial score (nSPS) is 13.9. The molecule has 0 bridgehead atoms. The summed E-state index contributed by atoms with van der Waals surface area (Å²) >= 11 is 0. The fourth-order valence-corrected chi connectivity index (χ4v) is 3.25. The van der Waals surface area contributed by atoms with Gasteiger partial charge in [0.1, 0.15) is 5.75 Å². The highest BCUT2D eigenvalue weighted by Gasteiger charge is 2.21. The van der Waals surface area contributed by atoms with Gasteiger partial charge in [-0.2, -0.15) is 0 Å². The molecule has 1 saturated heterocycles. The van der Waals surface area contributed by atoms with Crippen molar-refractivity contribution in [1.29, 1.82) is 0 Å². The third-order valence-corrected chi connectivity index (χ3v) is 4.88. The van der Waals surface area contributed by atoms with E-state index in [-0.39, 0.29) is 18.2 Å². The predicted octanol–water partition coefficient (Wildman–Crippen LogP) is 3.05. The van der Waals surface area contributed by atoms with Crippen molar-refractivity contribution in [2.75, 3.05) is 49.5 Å². The highest BCUT2D eigenvalue weighted by atomic mass is 16.5. The average molecular weight is 381 g/mol. The molecular formula is C22H27N3O3. The van der Waals surface area contributed by atoms with Crippen LogP contribution in [-0.2, 0) is 4.79 Å². The summed E-state index contributed by atoms with van der Waals surface area (Å²) in [6, 6.07) is 15.3. The maximum absolute atomic E-state index is 12.5. The fraction of sp³-hybridized carbons (Fsp3) is 0.364. The standard InChI is InChI=1S/C22H27N3O3/c1-3-28-21-10-8-20(9-11-21)24-12-14-25(15-13-24)22(27)16-23-19-6-4-18(5-7-19)17(2)26/h4-11,23H,3,12-16H2,1-2H3. The second-order valence-electron chi connectivity index (χ2n) is 6.78. The maximum atomic E-state index is 12.5. The molecule has 1 aliphatic rings. The second-order valence-corrected chi connectivity index (χ2v) is 6.78. The van der Waals surface area contributed by atoms with E-state index >= 15 is 0 Å². The van der Waals surface area contributed by atoms with Crippen molar-refractivity contribution >= 4 is 23.1 Å². The number of nitrogens with zero attached hydrogens (tertiary/aromatic N) is 2. The van der Waals surface area contributed by atoms with E-state index in [0.717, 1.165) is 30.2 Å². The van der Waals surface area contributed by atoms with Gasteiger partial charge in [0.15, 0.2) is 5.78 Å². The molecule has 28 heavy (non-hydrogen) atoms. The first-order chi connectivity index (χ1) is 13.6. The quantitative estimate of drug-likeness (QED) is 0.747. The molecule has 0 atom stereocenters. The summed E-state index contributed by atoms with van der Waals surface area (Å²) in [5.74, 6) is 0.998. The minimum absolute atomic E-state index is 0.0352. The number of Topliss-reactive ketones (excluding diaryl/α,β-unsaturated/α-hetero) is 1. The monoisotopic (exact) mass is 381 g/mol. The molecule has 0 radical (unpaired) electrons. The minimum atomic E-state index is 0.0352. The third-order valence-electron chi connectivity index (χ3n) is 4.88. The summed E-state index contributed by atoms with van der Waals surface area (Å²) in [5.41, 5.74) is 2.66. The Morgan fingerprint density at radius 1 is 0.964 bits per heavy atom. The molecule has 3 rings (SSSR count). The zero-order chi connectivity index (χ0) is 19.9. The molecule has 0 unspecified atom stereocenters. The van der Waals surface area contributed by atoms with E-state index in [1.54, 1.807) is 19.1 Å². The minimum Gasteiger partial charge on any atom is -0.494 e. The van der Waals surface area contributed by atoms with Gasteiger partial charge in [-0.15, -0.1) is 0 Å². The van der Waals surface area contributed by atoms with Gasteiger partial charge in [-0.1, -0.05) is 0 Å². The number of ether oxygens (including phenoxy) is 1. The molecular weight excluding hydrogens is 354 g/mol. The predicted molar refractivity (Wildman–Crippen MR) is 111 cm³/mol. The summed E-state index contributed by atoms with van der Waals surface area (Å²) in [4.78, 5) is 28.0. The summed E-state index contributed by atoms with van der Waals surface area (Å²) in [7, 11) is 0. The van der Waals surface area contributed by atoms with Crippen LogP contribution in [0.5, 0.6) is 5.75 Å². The van der Waals surface area contributed by atoms with Crippen LogP contribution in [0.15, 0.2) is 48.5 Å². The number of rotatable bonds is 7. The van der Waals surface area contributed by atoms with Gasteiger partial charge < -0.3 is 19.9 Å². The molecule has 148 valence electrons. The van der Waals surface area contributed by atoms with Gasteiger partial charge >= 0.3 is 0 Å². The fourth-order valence-electron chi connectivity index (χ4n) is 3.25. The Kier molecular flexibility index (Phi) is 6.53. The highest BCUT2D eigenvalue weighted by molar-refractivity contribution is 5.94. The Morgan fingerprint density at radius 3 is 2.18 bits per heavy atom. The van der Waals surface area contributed by atoms with E-state index in [0.29, 0.717) is 25.3 Å². The second kappa shape index (κ2) is 9.26. The number of ketones is 1. The molecule has 0 spiro atoms. The lowest BCUT2D eigenvalue weighted by molar-refractivity contribution is -0.129. The molecule has 0 saturated carbocycles. The number of benzene rings is 2. The molecule has 1 N–H and O–H groups in total. The van der Waals surface area contributed by atoms with Gasteiger partial charge in [-0.05, 0) is 62.4 Å². The van der Waals surface area contributed by atoms with Crippen LogP contribution in [0.4, 0.5) is 11.4 Å². The smallest absolute Gasteiger partial charge is 0.241 e. The van der Waals surface area contributed by atoms with E-state index in [9.17, 15) is 9.59 Å². The molecule has 2 aromatic rings. The van der Waals surface area contributed by atoms with Gasteiger partial charge in [0.05, 0.1) is 13.2 Å². The van der Waals surface area contributed by atoms with Gasteiger partial charge in [0.25, 0.3) is 0 Å². The summed E-state index contributed by atoms with van der Waals surface area (Å²) in [6.45, 7) is 7.46. The molecule has 6 heteroatoms. The topological polar surface area (TPSA) is 61.9 Å². The van der Waals surface area contributed by atoms with Crippen molar-refractivity contribution in [3.63, 3.8) is 0 Å². The van der Waals surface area contributed by atoms with Crippen LogP contribution in [0.3, 0.4) is 0 Å². The highest BCUT2D eigenvalue weighted by Crippen LogP contribution is 2.21. The van der Waals surface area contributed by atoms with Gasteiger partial charge in [0.2, 0.25) is 5.91 Å². The number of nitrogens with one attached hydrogen (secondary N) is 1. The Bertz CT molecular complexity index is 795. The summed E-state index contributed by atoms with van der Waals surface area (Å²) in [6.07, 6.45) is 0. The van der Waals surface area contributed by atoms with Crippen molar-refractivity contribution in [3.8, 4) is 5.75 Å². The lowest BCUT2D eigenvalue weighted by atomic mass is 10.1. The molecule has 6 nitrogen and oxygen atoms in total. The number of amides is 1. The number of hydrogen-bond acceptors (Lipinski definition) is 5. The van der Waals surface area contributed by atoms with Crippen molar-refractivity contribution in [3.05, 3.63) is 54.1 Å². The van der Waals surface area contributed by atoms with Crippen molar-refractivity contribution < 1.29 is 14.3 Å². The van der Waals surface area contributed by atoms with E-state index in [2.05, 4.69) is 22.3 Å². The number of carbonyl (C=O) groups excluding carboxylic acids is 2. The lowest BCUT2D eigenvalue weighted by Gasteiger charge is -2.36. The number of anilines is 2. The number of carbonyl (C=O) groups is 2. The molecule has 0 aromatic heterocycles. The number of piperazine rings is 1. The molecule has 1 amide bonds. The van der Waals surface area contributed by atoms with Crippen molar-refractivity contribution in [2.45, 2.75) is 13.8 Å². The Morgan fingerprint density at radius 2 is 1.61 bits per heavy atom. The van der Waals surface area contributed by atoms with E-state index in [4.69, 9.17) is 4.74 Å². The molecule has 1 fully saturated rings. The summed E-state index contributed by atoms with van der Waals surface area (Å²) in [5, 5.41) is 3.14. The lowest BCUT2D eigenvalue weighted by Crippen LogP contribution is -2.50. The zero-order valence-electron chi connectivity index (χ0n) is 16.5. The largest absolute Gasteiger partial charge is 0.494 e. The Hall–Kier alpha value is -3.02. The molecule has 1 heterocycles. The van der Waals surface area contributed by atoms with E-state index < -0.39 is 0 Å². The van der Waals surface area contributed by atoms with Crippen LogP contribution in [0.1, 0.15) is 24.2 Å². The van der Waals surface area contributed by atoms with Crippen LogP contribution in [0.25, 0.3) is 0 Å². The van der Waals surface area contributed by atoms with Crippen LogP contribution in [0, 0.1) is 0 Å². The van der Waals surface area contributed by atoms with Gasteiger partial charge in [-0.3, -0.25) is 9.59 Å². The van der Waals surface area contributed by atoms with Gasteiger partial charge in [0, 0.05) is 43.1 Å². The first-order valence-corrected chi connectivity index (χ1v) is 9.67. The van der Waals surface area contributed by atoms with Crippen molar-refractivity contribution in [1.82, 2.24) is 4.90 Å². The van der Waals surface area contributed by atoms with E-state index in [1.165, 1.54) is 0 Å². The molecule has 0 aliphatic carbocycles.